The van der Waals surface area contributed by atoms with Gasteiger partial charge in [0.15, 0.2) is 0 Å². The van der Waals surface area contributed by atoms with Gasteiger partial charge in [-0.1, -0.05) is 40.2 Å². The minimum atomic E-state index is -0.232. The van der Waals surface area contributed by atoms with Gasteiger partial charge in [0.2, 0.25) is 0 Å². The molecule has 3 aromatic rings. The van der Waals surface area contributed by atoms with Gasteiger partial charge in [-0.05, 0) is 62.2 Å². The van der Waals surface area contributed by atoms with E-state index < -0.39 is 0 Å². The molecule has 1 amide bonds. The van der Waals surface area contributed by atoms with Gasteiger partial charge in [-0.15, -0.1) is 0 Å². The molecule has 0 saturated heterocycles. The van der Waals surface area contributed by atoms with Crippen molar-refractivity contribution >= 4 is 27.5 Å². The molecule has 3 rings (SSSR count). The Morgan fingerprint density at radius 1 is 1.07 bits per heavy atom. The number of rotatable bonds is 5. The predicted molar refractivity (Wildman–Crippen MR) is 111 cm³/mol. The number of benzene rings is 2. The van der Waals surface area contributed by atoms with Gasteiger partial charge in [-0.2, -0.15) is 10.2 Å². The zero-order chi connectivity index (χ0) is 19.4. The average molecular weight is 425 g/mol. The highest BCUT2D eigenvalue weighted by Gasteiger charge is 2.07. The van der Waals surface area contributed by atoms with Crippen molar-refractivity contribution in [2.75, 3.05) is 0 Å². The quantitative estimate of drug-likeness (QED) is 0.485. The van der Waals surface area contributed by atoms with E-state index in [2.05, 4.69) is 31.6 Å². The summed E-state index contributed by atoms with van der Waals surface area (Å²) in [5.41, 5.74) is 8.10. The maximum absolute atomic E-state index is 12.3. The summed E-state index contributed by atoms with van der Waals surface area (Å²) in [6, 6.07) is 17.3. The van der Waals surface area contributed by atoms with E-state index in [1.54, 1.807) is 12.1 Å². The molecule has 0 bridgehead atoms. The molecule has 138 valence electrons. The van der Waals surface area contributed by atoms with Crippen LogP contribution in [0, 0.1) is 13.8 Å². The lowest BCUT2D eigenvalue weighted by molar-refractivity contribution is 0.0955. The molecule has 0 radical (unpaired) electrons. The molecule has 5 nitrogen and oxygen atoms in total. The number of hydrogen-bond donors (Lipinski definition) is 1. The minimum absolute atomic E-state index is 0.232. The molecule has 0 saturated carbocycles. The molecule has 0 aliphatic heterocycles. The van der Waals surface area contributed by atoms with Crippen LogP contribution in [-0.4, -0.2) is 21.4 Å². The molecule has 2 aromatic carbocycles. The summed E-state index contributed by atoms with van der Waals surface area (Å²) in [7, 11) is 0. The second-order valence-electron chi connectivity index (χ2n) is 6.43. The Morgan fingerprint density at radius 3 is 2.30 bits per heavy atom. The smallest absolute Gasteiger partial charge is 0.267 e. The Balaban J connectivity index is 1.64. The first kappa shape index (κ1) is 19.0. The van der Waals surface area contributed by atoms with E-state index in [-0.39, 0.29) is 5.91 Å². The zero-order valence-corrected chi connectivity index (χ0v) is 17.1. The number of aryl methyl sites for hydroxylation is 2. The van der Waals surface area contributed by atoms with Crippen molar-refractivity contribution < 1.29 is 4.79 Å². The second kappa shape index (κ2) is 8.31. The number of aromatic nitrogens is 2. The Morgan fingerprint density at radius 2 is 1.70 bits per heavy atom. The van der Waals surface area contributed by atoms with Crippen LogP contribution >= 0.6 is 15.9 Å². The Labute approximate surface area is 167 Å². The Bertz CT molecular complexity index is 972. The van der Waals surface area contributed by atoms with Crippen molar-refractivity contribution in [3.05, 3.63) is 87.1 Å². The van der Waals surface area contributed by atoms with Crippen LogP contribution < -0.4 is 5.43 Å². The third-order valence-corrected chi connectivity index (χ3v) is 4.77. The number of nitrogens with zero attached hydrogens (tertiary/aromatic N) is 3. The van der Waals surface area contributed by atoms with Crippen LogP contribution in [0.3, 0.4) is 0 Å². The number of halogens is 1. The van der Waals surface area contributed by atoms with Gasteiger partial charge in [-0.25, -0.2) is 5.43 Å². The standard InChI is InChI=1S/C21H21BrN4O/c1-14-12-15(2)26(25-14)13-17-4-6-19(7-5-17)21(27)24-23-16(3)18-8-10-20(22)11-9-18/h4-12H,13H2,1-3H3,(H,24,27)/b23-16-. The van der Waals surface area contributed by atoms with Crippen molar-refractivity contribution in [2.24, 2.45) is 5.10 Å². The average Bonchev–Trinajstić information content (AvgIpc) is 2.97. The number of carbonyl (C=O) groups is 1. The summed E-state index contributed by atoms with van der Waals surface area (Å²) in [5.74, 6) is -0.232. The van der Waals surface area contributed by atoms with Crippen molar-refractivity contribution in [3.8, 4) is 0 Å². The Hall–Kier alpha value is -2.73. The summed E-state index contributed by atoms with van der Waals surface area (Å²) < 4.78 is 2.96. The maximum atomic E-state index is 12.3. The van der Waals surface area contributed by atoms with Gasteiger partial charge in [0, 0.05) is 15.7 Å². The molecular weight excluding hydrogens is 404 g/mol. The van der Waals surface area contributed by atoms with Crippen molar-refractivity contribution in [3.63, 3.8) is 0 Å². The second-order valence-corrected chi connectivity index (χ2v) is 7.34. The number of hydrogen-bond acceptors (Lipinski definition) is 3. The molecule has 0 aliphatic carbocycles. The van der Waals surface area contributed by atoms with E-state index in [4.69, 9.17) is 0 Å². The number of carbonyl (C=O) groups excluding carboxylic acids is 1. The fourth-order valence-corrected chi connectivity index (χ4v) is 2.99. The van der Waals surface area contributed by atoms with Crippen LogP contribution in [0.4, 0.5) is 0 Å². The van der Waals surface area contributed by atoms with Gasteiger partial charge in [-0.3, -0.25) is 9.48 Å². The van der Waals surface area contributed by atoms with E-state index in [1.165, 1.54) is 0 Å². The minimum Gasteiger partial charge on any atom is -0.267 e. The van der Waals surface area contributed by atoms with E-state index in [0.29, 0.717) is 12.1 Å². The zero-order valence-electron chi connectivity index (χ0n) is 15.5. The molecule has 1 N–H and O–H groups in total. The van der Waals surface area contributed by atoms with E-state index >= 15 is 0 Å². The van der Waals surface area contributed by atoms with Gasteiger partial charge in [0.25, 0.3) is 5.91 Å². The predicted octanol–water partition coefficient (Wildman–Crippen LogP) is 4.46. The third kappa shape index (κ3) is 4.92. The first-order valence-corrected chi connectivity index (χ1v) is 9.42. The van der Waals surface area contributed by atoms with E-state index in [0.717, 1.165) is 32.7 Å². The van der Waals surface area contributed by atoms with E-state index in [9.17, 15) is 4.79 Å². The molecule has 1 heterocycles. The van der Waals surface area contributed by atoms with Gasteiger partial charge < -0.3 is 0 Å². The summed E-state index contributed by atoms with van der Waals surface area (Å²) in [4.78, 5) is 12.3. The van der Waals surface area contributed by atoms with Crippen LogP contribution in [0.5, 0.6) is 0 Å². The summed E-state index contributed by atoms with van der Waals surface area (Å²) in [6.45, 7) is 6.56. The fraction of sp³-hybridized carbons (Fsp3) is 0.190. The first-order chi connectivity index (χ1) is 12.9. The van der Waals surface area contributed by atoms with Crippen LogP contribution in [0.2, 0.25) is 0 Å². The molecule has 27 heavy (non-hydrogen) atoms. The number of hydrazone groups is 1. The van der Waals surface area contributed by atoms with E-state index in [1.807, 2.05) is 67.9 Å². The maximum Gasteiger partial charge on any atom is 0.271 e. The largest absolute Gasteiger partial charge is 0.271 e. The summed E-state index contributed by atoms with van der Waals surface area (Å²) in [6.07, 6.45) is 0. The Kier molecular flexibility index (Phi) is 5.86. The molecule has 0 unspecified atom stereocenters. The first-order valence-electron chi connectivity index (χ1n) is 8.63. The highest BCUT2D eigenvalue weighted by atomic mass is 79.9. The summed E-state index contributed by atoms with van der Waals surface area (Å²) >= 11 is 3.40. The molecular formula is C21H21BrN4O. The van der Waals surface area contributed by atoms with Gasteiger partial charge in [0.1, 0.15) is 0 Å². The lowest BCUT2D eigenvalue weighted by Gasteiger charge is -2.06. The third-order valence-electron chi connectivity index (χ3n) is 4.24. The van der Waals surface area contributed by atoms with Crippen molar-refractivity contribution in [1.29, 1.82) is 0 Å². The monoisotopic (exact) mass is 424 g/mol. The van der Waals surface area contributed by atoms with Gasteiger partial charge in [0.05, 0.1) is 18.0 Å². The molecule has 0 aliphatic rings. The lowest BCUT2D eigenvalue weighted by Crippen LogP contribution is -2.19. The highest BCUT2D eigenvalue weighted by Crippen LogP contribution is 2.12. The van der Waals surface area contributed by atoms with Crippen LogP contribution in [-0.2, 0) is 6.54 Å². The molecule has 1 aromatic heterocycles. The number of amides is 1. The van der Waals surface area contributed by atoms with Crippen molar-refractivity contribution in [2.45, 2.75) is 27.3 Å². The molecule has 6 heteroatoms. The molecule has 0 atom stereocenters. The van der Waals surface area contributed by atoms with Crippen LogP contribution in [0.25, 0.3) is 0 Å². The van der Waals surface area contributed by atoms with Crippen LogP contribution in [0.15, 0.2) is 64.2 Å². The highest BCUT2D eigenvalue weighted by molar-refractivity contribution is 9.10. The topological polar surface area (TPSA) is 59.3 Å². The van der Waals surface area contributed by atoms with Crippen molar-refractivity contribution in [1.82, 2.24) is 15.2 Å². The number of nitrogens with one attached hydrogen (secondary N) is 1. The SMILES string of the molecule is C/C(=N/NC(=O)c1ccc(Cn2nc(C)cc2C)cc1)c1ccc(Br)cc1. The van der Waals surface area contributed by atoms with Gasteiger partial charge >= 0.3 is 0 Å². The molecule has 0 spiro atoms. The van der Waals surface area contributed by atoms with Crippen LogP contribution in [0.1, 0.15) is 39.8 Å². The summed E-state index contributed by atoms with van der Waals surface area (Å²) in [5, 5.41) is 8.66. The fourth-order valence-electron chi connectivity index (χ4n) is 2.72. The normalized spacial score (nSPS) is 11.5. The lowest BCUT2D eigenvalue weighted by atomic mass is 10.1. The molecule has 0 fully saturated rings.